The number of nitrogens with one attached hydrogen (secondary N) is 1. The van der Waals surface area contributed by atoms with Gasteiger partial charge in [0, 0.05) is 23.7 Å². The third kappa shape index (κ3) is 3.78. The van der Waals surface area contributed by atoms with Crippen LogP contribution in [0.1, 0.15) is 58.1 Å². The van der Waals surface area contributed by atoms with Crippen LogP contribution in [-0.2, 0) is 0 Å². The first-order valence-corrected chi connectivity index (χ1v) is 7.68. The van der Waals surface area contributed by atoms with E-state index in [9.17, 15) is 8.78 Å². The Bertz CT molecular complexity index is 445. The molecular formula is C17H25F2N. The quantitative estimate of drug-likeness (QED) is 0.833. The third-order valence-electron chi connectivity index (χ3n) is 4.57. The fourth-order valence-corrected chi connectivity index (χ4v) is 3.28. The van der Waals surface area contributed by atoms with Crippen LogP contribution in [0.25, 0.3) is 0 Å². The van der Waals surface area contributed by atoms with Crippen molar-refractivity contribution in [3.8, 4) is 0 Å². The molecule has 0 spiro atoms. The summed E-state index contributed by atoms with van der Waals surface area (Å²) in [6, 6.07) is 4.20. The molecule has 1 aliphatic rings. The molecule has 112 valence electrons. The minimum atomic E-state index is -0.518. The van der Waals surface area contributed by atoms with Crippen molar-refractivity contribution in [1.82, 2.24) is 5.32 Å². The number of halogens is 2. The van der Waals surface area contributed by atoms with Crippen molar-refractivity contribution in [2.75, 3.05) is 0 Å². The molecule has 1 aliphatic carbocycles. The van der Waals surface area contributed by atoms with Crippen molar-refractivity contribution < 1.29 is 8.78 Å². The molecule has 0 aromatic heterocycles. The first-order valence-electron chi connectivity index (χ1n) is 7.68. The number of rotatable bonds is 4. The van der Waals surface area contributed by atoms with E-state index in [0.717, 1.165) is 24.8 Å². The predicted molar refractivity (Wildman–Crippen MR) is 78.5 cm³/mol. The van der Waals surface area contributed by atoms with E-state index >= 15 is 0 Å². The Hall–Kier alpha value is -0.960. The third-order valence-corrected chi connectivity index (χ3v) is 4.57. The molecule has 1 nitrogen and oxygen atoms in total. The van der Waals surface area contributed by atoms with Gasteiger partial charge < -0.3 is 5.32 Å². The summed E-state index contributed by atoms with van der Waals surface area (Å²) in [5, 5.41) is 3.52. The average molecular weight is 281 g/mol. The van der Waals surface area contributed by atoms with Gasteiger partial charge >= 0.3 is 0 Å². The first-order chi connectivity index (χ1) is 9.47. The topological polar surface area (TPSA) is 12.0 Å². The molecule has 3 atom stereocenters. The van der Waals surface area contributed by atoms with Gasteiger partial charge in [0.05, 0.1) is 0 Å². The van der Waals surface area contributed by atoms with Crippen LogP contribution >= 0.6 is 0 Å². The van der Waals surface area contributed by atoms with Crippen LogP contribution in [0.15, 0.2) is 18.2 Å². The average Bonchev–Trinajstić information content (AvgIpc) is 2.38. The van der Waals surface area contributed by atoms with Gasteiger partial charge in [-0.2, -0.15) is 0 Å². The fraction of sp³-hybridized carbons (Fsp3) is 0.647. The van der Waals surface area contributed by atoms with E-state index in [-0.39, 0.29) is 6.04 Å². The summed E-state index contributed by atoms with van der Waals surface area (Å²) >= 11 is 0. The Morgan fingerprint density at radius 3 is 2.55 bits per heavy atom. The molecule has 2 rings (SSSR count). The fourth-order valence-electron chi connectivity index (χ4n) is 3.28. The van der Waals surface area contributed by atoms with Crippen LogP contribution in [0, 0.1) is 23.5 Å². The zero-order valence-electron chi connectivity index (χ0n) is 12.6. The molecular weight excluding hydrogens is 256 g/mol. The Balaban J connectivity index is 1.98. The van der Waals surface area contributed by atoms with Gasteiger partial charge in [-0.15, -0.1) is 0 Å². The molecule has 1 N–H and O–H groups in total. The maximum atomic E-state index is 13.8. The molecule has 1 aromatic rings. The molecule has 0 radical (unpaired) electrons. The maximum absolute atomic E-state index is 13.8. The molecule has 3 unspecified atom stereocenters. The molecule has 1 saturated carbocycles. The number of hydrogen-bond donors (Lipinski definition) is 1. The Labute approximate surface area is 120 Å². The first kappa shape index (κ1) is 15.4. The smallest absolute Gasteiger partial charge is 0.130 e. The maximum Gasteiger partial charge on any atom is 0.130 e. The van der Waals surface area contributed by atoms with E-state index in [2.05, 4.69) is 19.2 Å². The predicted octanol–water partition coefficient (Wildman–Crippen LogP) is 4.83. The van der Waals surface area contributed by atoms with E-state index in [1.54, 1.807) is 6.07 Å². The van der Waals surface area contributed by atoms with Crippen LogP contribution in [0.5, 0.6) is 0 Å². The summed E-state index contributed by atoms with van der Waals surface area (Å²) < 4.78 is 26.7. The second-order valence-corrected chi connectivity index (χ2v) is 6.42. The van der Waals surface area contributed by atoms with E-state index in [1.807, 2.05) is 6.92 Å². The SMILES string of the molecule is CC(NC1CCCC(C(C)C)C1)c1ccc(F)cc1F. The number of benzene rings is 1. The summed E-state index contributed by atoms with van der Waals surface area (Å²) in [7, 11) is 0. The summed E-state index contributed by atoms with van der Waals surface area (Å²) in [5.74, 6) is 0.487. The number of hydrogen-bond acceptors (Lipinski definition) is 1. The lowest BCUT2D eigenvalue weighted by Gasteiger charge is -2.34. The summed E-state index contributed by atoms with van der Waals surface area (Å²) in [4.78, 5) is 0. The summed E-state index contributed by atoms with van der Waals surface area (Å²) in [6.45, 7) is 6.50. The van der Waals surface area contributed by atoms with Crippen LogP contribution in [0.3, 0.4) is 0 Å². The van der Waals surface area contributed by atoms with Gasteiger partial charge in [-0.05, 0) is 37.7 Å². The highest BCUT2D eigenvalue weighted by atomic mass is 19.1. The summed E-state index contributed by atoms with van der Waals surface area (Å²) in [5.41, 5.74) is 0.554. The Kier molecular flexibility index (Phi) is 5.14. The molecule has 0 amide bonds. The Morgan fingerprint density at radius 2 is 1.90 bits per heavy atom. The molecule has 20 heavy (non-hydrogen) atoms. The monoisotopic (exact) mass is 281 g/mol. The lowest BCUT2D eigenvalue weighted by Crippen LogP contribution is -2.37. The van der Waals surface area contributed by atoms with Gasteiger partial charge in [0.2, 0.25) is 0 Å². The van der Waals surface area contributed by atoms with E-state index < -0.39 is 11.6 Å². The van der Waals surface area contributed by atoms with Crippen LogP contribution in [-0.4, -0.2) is 6.04 Å². The van der Waals surface area contributed by atoms with Crippen molar-refractivity contribution in [1.29, 1.82) is 0 Å². The van der Waals surface area contributed by atoms with Gasteiger partial charge in [0.25, 0.3) is 0 Å². The van der Waals surface area contributed by atoms with Crippen molar-refractivity contribution in [2.45, 2.75) is 58.5 Å². The second-order valence-electron chi connectivity index (χ2n) is 6.42. The summed E-state index contributed by atoms with van der Waals surface area (Å²) in [6.07, 6.45) is 4.84. The molecule has 0 bridgehead atoms. The second kappa shape index (κ2) is 6.66. The van der Waals surface area contributed by atoms with Gasteiger partial charge in [0.15, 0.2) is 0 Å². The zero-order chi connectivity index (χ0) is 14.7. The minimum absolute atomic E-state index is 0.0773. The zero-order valence-corrected chi connectivity index (χ0v) is 12.6. The van der Waals surface area contributed by atoms with E-state index in [0.29, 0.717) is 17.5 Å². The molecule has 1 aromatic carbocycles. The van der Waals surface area contributed by atoms with Crippen molar-refractivity contribution >= 4 is 0 Å². The van der Waals surface area contributed by atoms with Crippen molar-refractivity contribution in [3.05, 3.63) is 35.4 Å². The lowest BCUT2D eigenvalue weighted by molar-refractivity contribution is 0.222. The van der Waals surface area contributed by atoms with Crippen molar-refractivity contribution in [2.24, 2.45) is 11.8 Å². The standard InChI is InChI=1S/C17H25F2N/c1-11(2)13-5-4-6-15(9-13)20-12(3)16-8-7-14(18)10-17(16)19/h7-8,10-13,15,20H,4-6,9H2,1-3H3. The molecule has 0 heterocycles. The Morgan fingerprint density at radius 1 is 1.15 bits per heavy atom. The molecule has 0 aliphatic heterocycles. The highest BCUT2D eigenvalue weighted by molar-refractivity contribution is 5.21. The van der Waals surface area contributed by atoms with E-state index in [4.69, 9.17) is 0 Å². The highest BCUT2D eigenvalue weighted by Gasteiger charge is 2.25. The van der Waals surface area contributed by atoms with Crippen molar-refractivity contribution in [3.63, 3.8) is 0 Å². The molecule has 0 saturated heterocycles. The normalized spacial score (nSPS) is 24.9. The van der Waals surface area contributed by atoms with Gasteiger partial charge in [0.1, 0.15) is 11.6 Å². The van der Waals surface area contributed by atoms with Gasteiger partial charge in [-0.1, -0.05) is 32.8 Å². The minimum Gasteiger partial charge on any atom is -0.307 e. The highest BCUT2D eigenvalue weighted by Crippen LogP contribution is 2.31. The molecule has 1 fully saturated rings. The largest absolute Gasteiger partial charge is 0.307 e. The lowest BCUT2D eigenvalue weighted by atomic mass is 9.79. The van der Waals surface area contributed by atoms with Crippen LogP contribution in [0.2, 0.25) is 0 Å². The molecule has 3 heteroatoms. The van der Waals surface area contributed by atoms with E-state index in [1.165, 1.54) is 18.9 Å². The van der Waals surface area contributed by atoms with Gasteiger partial charge in [-0.3, -0.25) is 0 Å². The van der Waals surface area contributed by atoms with Crippen LogP contribution in [0.4, 0.5) is 8.78 Å². The van der Waals surface area contributed by atoms with Gasteiger partial charge in [-0.25, -0.2) is 8.78 Å². The van der Waals surface area contributed by atoms with Crippen LogP contribution < -0.4 is 5.32 Å².